The standard InChI is InChI=1S/C31H27N3S/c1-30(2)21-11-5-8-14-25(21)33(26-15-9-6-12-22(26)30)20-17-18-23-28(19-20)35-29-32-24-13-7-10-16-27(24)34(29)31(23,3)4/h5-19H,1-4H3. The summed E-state index contributed by atoms with van der Waals surface area (Å²) in [5.41, 5.74) is 9.73. The zero-order valence-corrected chi connectivity index (χ0v) is 21.2. The van der Waals surface area contributed by atoms with Gasteiger partial charge in [-0.25, -0.2) is 4.98 Å². The van der Waals surface area contributed by atoms with Crippen LogP contribution in [0.1, 0.15) is 44.4 Å². The molecule has 0 amide bonds. The first kappa shape index (κ1) is 20.8. The predicted octanol–water partition coefficient (Wildman–Crippen LogP) is 8.39. The number of hydrogen-bond acceptors (Lipinski definition) is 3. The van der Waals surface area contributed by atoms with Crippen molar-refractivity contribution < 1.29 is 0 Å². The van der Waals surface area contributed by atoms with Crippen LogP contribution < -0.4 is 4.90 Å². The molecule has 0 aliphatic carbocycles. The molecule has 0 saturated heterocycles. The van der Waals surface area contributed by atoms with E-state index in [-0.39, 0.29) is 11.0 Å². The first-order valence-electron chi connectivity index (χ1n) is 12.2. The summed E-state index contributed by atoms with van der Waals surface area (Å²) in [5, 5.41) is 1.06. The summed E-state index contributed by atoms with van der Waals surface area (Å²) in [5.74, 6) is 0. The normalized spacial score (nSPS) is 16.9. The summed E-state index contributed by atoms with van der Waals surface area (Å²) >= 11 is 1.78. The maximum absolute atomic E-state index is 4.99. The quantitative estimate of drug-likeness (QED) is 0.244. The highest BCUT2D eigenvalue weighted by Crippen LogP contribution is 2.53. The maximum Gasteiger partial charge on any atom is 0.174 e. The van der Waals surface area contributed by atoms with Gasteiger partial charge in [0.2, 0.25) is 0 Å². The molecule has 0 spiro atoms. The number of para-hydroxylation sites is 4. The van der Waals surface area contributed by atoms with Crippen molar-refractivity contribution in [1.29, 1.82) is 0 Å². The average molecular weight is 474 g/mol. The van der Waals surface area contributed by atoms with E-state index in [0.717, 1.165) is 10.7 Å². The van der Waals surface area contributed by atoms with Crippen molar-refractivity contribution in [3.63, 3.8) is 0 Å². The van der Waals surface area contributed by atoms with Crippen molar-refractivity contribution in [2.45, 2.75) is 48.7 Å². The van der Waals surface area contributed by atoms with Crippen molar-refractivity contribution in [2.75, 3.05) is 4.90 Å². The summed E-state index contributed by atoms with van der Waals surface area (Å²) in [6.07, 6.45) is 0. The Morgan fingerprint density at radius 2 is 1.31 bits per heavy atom. The Hall–Kier alpha value is -3.50. The van der Waals surface area contributed by atoms with E-state index in [1.165, 1.54) is 44.2 Å². The van der Waals surface area contributed by atoms with Gasteiger partial charge in [-0.3, -0.25) is 0 Å². The van der Waals surface area contributed by atoms with E-state index in [1.54, 1.807) is 11.8 Å². The second-order valence-electron chi connectivity index (χ2n) is 10.6. The lowest BCUT2D eigenvalue weighted by Crippen LogP contribution is -2.32. The van der Waals surface area contributed by atoms with Crippen LogP contribution in [0.5, 0.6) is 0 Å². The highest BCUT2D eigenvalue weighted by molar-refractivity contribution is 7.99. The van der Waals surface area contributed by atoms with E-state index in [9.17, 15) is 0 Å². The fourth-order valence-corrected chi connectivity index (χ4v) is 7.38. The van der Waals surface area contributed by atoms with E-state index in [4.69, 9.17) is 4.98 Å². The summed E-state index contributed by atoms with van der Waals surface area (Å²) in [6, 6.07) is 33.1. The highest BCUT2D eigenvalue weighted by Gasteiger charge is 2.38. The van der Waals surface area contributed by atoms with Crippen molar-refractivity contribution in [3.8, 4) is 0 Å². The van der Waals surface area contributed by atoms with Crippen molar-refractivity contribution in [1.82, 2.24) is 9.55 Å². The molecule has 0 fully saturated rings. The first-order valence-corrected chi connectivity index (χ1v) is 13.0. The lowest BCUT2D eigenvalue weighted by molar-refractivity contribution is 0.402. The molecular formula is C31H27N3S. The Labute approximate surface area is 210 Å². The molecule has 2 aliphatic rings. The van der Waals surface area contributed by atoms with E-state index in [0.29, 0.717) is 0 Å². The Kier molecular flexibility index (Phi) is 4.18. The molecule has 0 atom stereocenters. The lowest BCUT2D eigenvalue weighted by Gasteiger charge is -2.42. The van der Waals surface area contributed by atoms with Gasteiger partial charge in [0.1, 0.15) is 0 Å². The zero-order valence-electron chi connectivity index (χ0n) is 20.4. The third-order valence-corrected chi connectivity index (χ3v) is 8.82. The number of fused-ring (bicyclic) bond motifs is 6. The Bertz CT molecular complexity index is 1590. The van der Waals surface area contributed by atoms with Gasteiger partial charge in [0, 0.05) is 16.0 Å². The molecule has 2 aliphatic heterocycles. The van der Waals surface area contributed by atoms with Crippen LogP contribution in [0, 0.1) is 0 Å². The summed E-state index contributed by atoms with van der Waals surface area (Å²) in [7, 11) is 0. The molecule has 4 aromatic carbocycles. The van der Waals surface area contributed by atoms with Crippen molar-refractivity contribution in [3.05, 3.63) is 108 Å². The fourth-order valence-electron chi connectivity index (χ4n) is 6.02. The van der Waals surface area contributed by atoms with Crippen molar-refractivity contribution in [2.24, 2.45) is 0 Å². The SMILES string of the molecule is CC1(C)c2ccccc2N(c2ccc3c(c2)Sc2nc4ccccc4n2C3(C)C)c2ccccc21. The van der Waals surface area contributed by atoms with Gasteiger partial charge in [-0.2, -0.15) is 0 Å². The van der Waals surface area contributed by atoms with Gasteiger partial charge in [0.25, 0.3) is 0 Å². The molecule has 4 heteroatoms. The van der Waals surface area contributed by atoms with Crippen LogP contribution in [-0.4, -0.2) is 9.55 Å². The Morgan fingerprint density at radius 1 is 0.686 bits per heavy atom. The van der Waals surface area contributed by atoms with Gasteiger partial charge in [-0.15, -0.1) is 0 Å². The second kappa shape index (κ2) is 7.02. The molecule has 0 unspecified atom stereocenters. The number of imidazole rings is 1. The monoisotopic (exact) mass is 473 g/mol. The fraction of sp³-hybridized carbons (Fsp3) is 0.194. The molecule has 0 radical (unpaired) electrons. The number of hydrogen-bond donors (Lipinski definition) is 0. The van der Waals surface area contributed by atoms with Crippen LogP contribution in [-0.2, 0) is 11.0 Å². The van der Waals surface area contributed by atoms with Crippen LogP contribution in [0.3, 0.4) is 0 Å². The van der Waals surface area contributed by atoms with Crippen LogP contribution >= 0.6 is 11.8 Å². The van der Waals surface area contributed by atoms with Crippen LogP contribution in [0.2, 0.25) is 0 Å². The molecule has 3 nitrogen and oxygen atoms in total. The highest BCUT2D eigenvalue weighted by atomic mass is 32.2. The number of benzene rings is 4. The third-order valence-electron chi connectivity index (χ3n) is 7.81. The molecule has 5 aromatic rings. The van der Waals surface area contributed by atoms with E-state index in [1.807, 2.05) is 0 Å². The van der Waals surface area contributed by atoms with Gasteiger partial charge < -0.3 is 9.47 Å². The molecule has 35 heavy (non-hydrogen) atoms. The first-order chi connectivity index (χ1) is 16.9. The van der Waals surface area contributed by atoms with Gasteiger partial charge >= 0.3 is 0 Å². The summed E-state index contributed by atoms with van der Waals surface area (Å²) in [4.78, 5) is 8.70. The molecule has 3 heterocycles. The molecule has 7 rings (SSSR count). The Morgan fingerprint density at radius 3 is 2.03 bits per heavy atom. The summed E-state index contributed by atoms with van der Waals surface area (Å²) < 4.78 is 2.39. The molecule has 0 N–H and O–H groups in total. The number of anilines is 3. The smallest absolute Gasteiger partial charge is 0.174 e. The van der Waals surface area contributed by atoms with Gasteiger partial charge in [-0.1, -0.05) is 80.2 Å². The van der Waals surface area contributed by atoms with Crippen LogP contribution in [0.25, 0.3) is 11.0 Å². The minimum Gasteiger partial charge on any atom is -0.310 e. The molecule has 0 bridgehead atoms. The molecule has 172 valence electrons. The molecule has 1 aromatic heterocycles. The maximum atomic E-state index is 4.99. The minimum atomic E-state index is -0.190. The topological polar surface area (TPSA) is 21.1 Å². The Balaban J connectivity index is 1.43. The number of nitrogens with zero attached hydrogens (tertiary/aromatic N) is 3. The predicted molar refractivity (Wildman–Crippen MR) is 146 cm³/mol. The van der Waals surface area contributed by atoms with E-state index in [2.05, 4.69) is 128 Å². The lowest BCUT2D eigenvalue weighted by atomic mass is 9.73. The van der Waals surface area contributed by atoms with Crippen LogP contribution in [0.4, 0.5) is 17.1 Å². The van der Waals surface area contributed by atoms with E-state index < -0.39 is 0 Å². The molecule has 0 saturated carbocycles. The van der Waals surface area contributed by atoms with Gasteiger partial charge in [0.15, 0.2) is 5.16 Å². The largest absolute Gasteiger partial charge is 0.310 e. The minimum absolute atomic E-state index is 0.0561. The number of rotatable bonds is 1. The average Bonchev–Trinajstić information content (AvgIpc) is 3.23. The van der Waals surface area contributed by atoms with Gasteiger partial charge in [0.05, 0.1) is 27.9 Å². The summed E-state index contributed by atoms with van der Waals surface area (Å²) in [6.45, 7) is 9.27. The van der Waals surface area contributed by atoms with Gasteiger partial charge in [-0.05, 0) is 66.9 Å². The second-order valence-corrected chi connectivity index (χ2v) is 11.6. The van der Waals surface area contributed by atoms with E-state index >= 15 is 0 Å². The van der Waals surface area contributed by atoms with Crippen LogP contribution in [0.15, 0.2) is 101 Å². The molecular weight excluding hydrogens is 446 g/mol. The zero-order chi connectivity index (χ0) is 23.9. The van der Waals surface area contributed by atoms with Crippen molar-refractivity contribution >= 4 is 39.9 Å². The third kappa shape index (κ3) is 2.77. The number of aromatic nitrogens is 2.